The van der Waals surface area contributed by atoms with Gasteiger partial charge in [0.2, 0.25) is 0 Å². The van der Waals surface area contributed by atoms with Crippen molar-refractivity contribution in [1.29, 1.82) is 0 Å². The number of anilines is 1. The van der Waals surface area contributed by atoms with E-state index in [-0.39, 0.29) is 24.6 Å². The molecule has 20 heavy (non-hydrogen) atoms. The summed E-state index contributed by atoms with van der Waals surface area (Å²) >= 11 is 0. The fourth-order valence-corrected chi connectivity index (χ4v) is 2.18. The molecule has 0 saturated carbocycles. The number of nitrogens with zero attached hydrogens (tertiary/aromatic N) is 1. The average molecular weight is 282 g/mol. The molecule has 0 unspecified atom stereocenters. The van der Waals surface area contributed by atoms with Crippen LogP contribution in [0.2, 0.25) is 0 Å². The molecule has 5 nitrogen and oxygen atoms in total. The number of piperidine rings is 1. The molecule has 0 aliphatic carbocycles. The van der Waals surface area contributed by atoms with Crippen LogP contribution in [0.1, 0.15) is 12.8 Å². The summed E-state index contributed by atoms with van der Waals surface area (Å²) in [6.07, 6.45) is 1.63. The van der Waals surface area contributed by atoms with Gasteiger partial charge in [-0.2, -0.15) is 0 Å². The van der Waals surface area contributed by atoms with Gasteiger partial charge in [-0.15, -0.1) is 0 Å². The largest absolute Gasteiger partial charge is 0.394 e. The van der Waals surface area contributed by atoms with Crippen molar-refractivity contribution >= 4 is 11.7 Å². The van der Waals surface area contributed by atoms with Gasteiger partial charge in [-0.3, -0.25) is 0 Å². The van der Waals surface area contributed by atoms with Gasteiger partial charge in [-0.05, 0) is 37.1 Å². The van der Waals surface area contributed by atoms with E-state index in [4.69, 9.17) is 9.84 Å². The number of likely N-dealkylation sites (tertiary alicyclic amines) is 1. The molecule has 1 aliphatic rings. The van der Waals surface area contributed by atoms with E-state index in [1.807, 2.05) is 0 Å². The summed E-state index contributed by atoms with van der Waals surface area (Å²) in [6, 6.07) is 5.50. The molecule has 1 saturated heterocycles. The number of nitrogens with one attached hydrogen (secondary N) is 1. The highest BCUT2D eigenvalue weighted by Gasteiger charge is 2.23. The van der Waals surface area contributed by atoms with Crippen molar-refractivity contribution in [3.63, 3.8) is 0 Å². The quantitative estimate of drug-likeness (QED) is 0.885. The molecular formula is C14H19FN2O3. The number of rotatable bonds is 4. The third-order valence-electron chi connectivity index (χ3n) is 3.27. The Bertz CT molecular complexity index is 431. The molecule has 1 aromatic carbocycles. The first-order valence-corrected chi connectivity index (χ1v) is 6.73. The molecule has 1 aromatic rings. The van der Waals surface area contributed by atoms with Gasteiger partial charge in [0.1, 0.15) is 5.82 Å². The second kappa shape index (κ2) is 7.21. The minimum atomic E-state index is -0.329. The summed E-state index contributed by atoms with van der Waals surface area (Å²) in [5.41, 5.74) is 0.579. The minimum Gasteiger partial charge on any atom is -0.394 e. The fourth-order valence-electron chi connectivity index (χ4n) is 2.18. The number of amides is 2. The minimum absolute atomic E-state index is 0.0191. The third-order valence-corrected chi connectivity index (χ3v) is 3.27. The summed E-state index contributed by atoms with van der Waals surface area (Å²) in [7, 11) is 0. The number of benzene rings is 1. The number of aliphatic hydroxyl groups is 1. The molecule has 1 aliphatic heterocycles. The first kappa shape index (κ1) is 14.7. The van der Waals surface area contributed by atoms with E-state index in [0.717, 1.165) is 12.8 Å². The van der Waals surface area contributed by atoms with Crippen molar-refractivity contribution < 1.29 is 19.0 Å². The monoisotopic (exact) mass is 282 g/mol. The van der Waals surface area contributed by atoms with Gasteiger partial charge in [-0.25, -0.2) is 9.18 Å². The molecule has 0 atom stereocenters. The number of halogens is 1. The lowest BCUT2D eigenvalue weighted by Gasteiger charge is -2.31. The maximum absolute atomic E-state index is 12.8. The zero-order valence-electron chi connectivity index (χ0n) is 11.2. The van der Waals surface area contributed by atoms with Crippen LogP contribution in [-0.4, -0.2) is 48.4 Å². The van der Waals surface area contributed by atoms with Crippen LogP contribution in [0.15, 0.2) is 24.3 Å². The Morgan fingerprint density at radius 1 is 1.35 bits per heavy atom. The van der Waals surface area contributed by atoms with Crippen LogP contribution < -0.4 is 5.32 Å². The highest BCUT2D eigenvalue weighted by Crippen LogP contribution is 2.15. The predicted molar refractivity (Wildman–Crippen MR) is 73.1 cm³/mol. The molecule has 2 rings (SSSR count). The van der Waals surface area contributed by atoms with E-state index in [1.54, 1.807) is 4.90 Å². The topological polar surface area (TPSA) is 61.8 Å². The van der Waals surface area contributed by atoms with Crippen molar-refractivity contribution in [3.8, 4) is 0 Å². The molecule has 0 aromatic heterocycles. The fraction of sp³-hybridized carbons (Fsp3) is 0.500. The van der Waals surface area contributed by atoms with Crippen LogP contribution in [0, 0.1) is 5.82 Å². The smallest absolute Gasteiger partial charge is 0.321 e. The van der Waals surface area contributed by atoms with Gasteiger partial charge in [-0.1, -0.05) is 0 Å². The number of carbonyl (C=O) groups excluding carboxylic acids is 1. The van der Waals surface area contributed by atoms with Crippen molar-refractivity contribution in [2.24, 2.45) is 0 Å². The summed E-state index contributed by atoms with van der Waals surface area (Å²) < 4.78 is 18.2. The second-order valence-corrected chi connectivity index (χ2v) is 4.72. The Morgan fingerprint density at radius 2 is 2.00 bits per heavy atom. The van der Waals surface area contributed by atoms with Gasteiger partial charge in [0.05, 0.1) is 19.3 Å². The predicted octanol–water partition coefficient (Wildman–Crippen LogP) is 1.83. The Kier molecular flexibility index (Phi) is 5.31. The highest BCUT2D eigenvalue weighted by molar-refractivity contribution is 5.89. The Morgan fingerprint density at radius 3 is 2.60 bits per heavy atom. The van der Waals surface area contributed by atoms with E-state index >= 15 is 0 Å². The average Bonchev–Trinajstić information content (AvgIpc) is 2.48. The van der Waals surface area contributed by atoms with Crippen LogP contribution in [0.5, 0.6) is 0 Å². The lowest BCUT2D eigenvalue weighted by atomic mass is 10.1. The van der Waals surface area contributed by atoms with Crippen molar-refractivity contribution in [1.82, 2.24) is 4.90 Å². The highest BCUT2D eigenvalue weighted by atomic mass is 19.1. The van der Waals surface area contributed by atoms with E-state index in [1.165, 1.54) is 24.3 Å². The molecule has 0 spiro atoms. The Hall–Kier alpha value is -1.66. The van der Waals surface area contributed by atoms with Crippen molar-refractivity contribution in [2.75, 3.05) is 31.6 Å². The molecule has 1 fully saturated rings. The molecular weight excluding hydrogens is 263 g/mol. The van der Waals surface area contributed by atoms with E-state index < -0.39 is 0 Å². The number of hydrogen-bond acceptors (Lipinski definition) is 3. The Labute approximate surface area is 117 Å². The van der Waals surface area contributed by atoms with Crippen molar-refractivity contribution in [3.05, 3.63) is 30.1 Å². The number of hydrogen-bond donors (Lipinski definition) is 2. The summed E-state index contributed by atoms with van der Waals surface area (Å²) in [5, 5.41) is 11.4. The van der Waals surface area contributed by atoms with Crippen LogP contribution in [0.4, 0.5) is 14.9 Å². The van der Waals surface area contributed by atoms with E-state index in [2.05, 4.69) is 5.32 Å². The van der Waals surface area contributed by atoms with Crippen LogP contribution >= 0.6 is 0 Å². The number of urea groups is 1. The second-order valence-electron chi connectivity index (χ2n) is 4.72. The third kappa shape index (κ3) is 4.18. The first-order chi connectivity index (χ1) is 9.69. The van der Waals surface area contributed by atoms with E-state index in [0.29, 0.717) is 25.4 Å². The number of ether oxygens (including phenoxy) is 1. The summed E-state index contributed by atoms with van der Waals surface area (Å²) in [6.45, 7) is 1.59. The van der Waals surface area contributed by atoms with Gasteiger partial charge in [0.25, 0.3) is 0 Å². The molecule has 1 heterocycles. The first-order valence-electron chi connectivity index (χ1n) is 6.73. The molecule has 2 N–H and O–H groups in total. The molecule has 6 heteroatoms. The van der Waals surface area contributed by atoms with Crippen LogP contribution in [-0.2, 0) is 4.74 Å². The SMILES string of the molecule is O=C(Nc1ccc(F)cc1)N1CCC(OCCO)CC1. The van der Waals surface area contributed by atoms with Gasteiger partial charge >= 0.3 is 6.03 Å². The normalized spacial score (nSPS) is 16.2. The molecule has 0 bridgehead atoms. The number of carbonyl (C=O) groups is 1. The maximum atomic E-state index is 12.8. The van der Waals surface area contributed by atoms with Gasteiger partial charge < -0.3 is 20.1 Å². The molecule has 0 radical (unpaired) electrons. The lowest BCUT2D eigenvalue weighted by molar-refractivity contribution is -0.000876. The summed E-state index contributed by atoms with van der Waals surface area (Å²) in [4.78, 5) is 13.7. The van der Waals surface area contributed by atoms with E-state index in [9.17, 15) is 9.18 Å². The molecule has 2 amide bonds. The number of aliphatic hydroxyl groups excluding tert-OH is 1. The molecule has 110 valence electrons. The maximum Gasteiger partial charge on any atom is 0.321 e. The van der Waals surface area contributed by atoms with Crippen LogP contribution in [0.3, 0.4) is 0 Å². The zero-order valence-corrected chi connectivity index (χ0v) is 11.2. The Balaban J connectivity index is 1.78. The standard InChI is InChI=1S/C14H19FN2O3/c15-11-1-3-12(4-2-11)16-14(19)17-7-5-13(6-8-17)20-10-9-18/h1-4,13,18H,5-10H2,(H,16,19). The summed E-state index contributed by atoms with van der Waals surface area (Å²) in [5.74, 6) is -0.329. The van der Waals surface area contributed by atoms with Crippen LogP contribution in [0.25, 0.3) is 0 Å². The van der Waals surface area contributed by atoms with Gasteiger partial charge in [0.15, 0.2) is 0 Å². The zero-order chi connectivity index (χ0) is 14.4. The van der Waals surface area contributed by atoms with Gasteiger partial charge in [0, 0.05) is 18.8 Å². The van der Waals surface area contributed by atoms with Crippen molar-refractivity contribution in [2.45, 2.75) is 18.9 Å². The lowest BCUT2D eigenvalue weighted by Crippen LogP contribution is -2.43.